The van der Waals surface area contributed by atoms with Crippen LogP contribution in [0, 0.1) is 15.5 Å². The van der Waals surface area contributed by atoms with Crippen LogP contribution in [-0.4, -0.2) is 143 Å². The molecule has 5 fully saturated rings. The van der Waals surface area contributed by atoms with E-state index in [2.05, 4.69) is 102 Å². The highest BCUT2D eigenvalue weighted by Gasteiger charge is 2.55. The Morgan fingerprint density at radius 1 is 0.973 bits per heavy atom. The molecule has 1 amide bonds. The number of piperidine rings is 1. The molecule has 392 valence electrons. The molecule has 3 aromatic heterocycles. The summed E-state index contributed by atoms with van der Waals surface area (Å²) in [6.45, 7) is 15.9. The summed E-state index contributed by atoms with van der Waals surface area (Å²) < 4.78 is 59.0. The zero-order chi connectivity index (χ0) is 51.5. The number of sulfonamides is 1. The maximum absolute atomic E-state index is 16.1. The van der Waals surface area contributed by atoms with Crippen molar-refractivity contribution in [2.45, 2.75) is 107 Å². The van der Waals surface area contributed by atoms with E-state index in [1.807, 2.05) is 6.07 Å². The summed E-state index contributed by atoms with van der Waals surface area (Å²) in [5, 5.41) is 16.3. The SMILES string of the molecule is CC(C)c1ccccc1C1CN(C2CCOCC2)CCN1C1CC2(C1)CN(c1ccc(C(=O)NS(=O)(=O)c3cc([N+](=O)[O-])c(NCC4(F)CCN(C(C)C)CC4)c4[nH]cnc34)c(Oc3cnc4[nH]ccc4c3)c1)C2. The van der Waals surface area contributed by atoms with Crippen LogP contribution >= 0.6 is 0 Å². The van der Waals surface area contributed by atoms with Gasteiger partial charge in [0.1, 0.15) is 38.9 Å². The first-order chi connectivity index (χ1) is 35.6. The molecule has 20 heteroatoms. The summed E-state index contributed by atoms with van der Waals surface area (Å²) in [4.78, 5) is 50.1. The largest absolute Gasteiger partial charge is 0.455 e. The predicted octanol–water partition coefficient (Wildman–Crippen LogP) is 8.51. The lowest BCUT2D eigenvalue weighted by atomic mass is 9.59. The zero-order valence-corrected chi connectivity index (χ0v) is 43.3. The lowest BCUT2D eigenvalue weighted by Crippen LogP contribution is -2.68. The molecule has 6 aromatic rings. The van der Waals surface area contributed by atoms with Gasteiger partial charge in [0, 0.05) is 125 Å². The van der Waals surface area contributed by atoms with Crippen molar-refractivity contribution in [3.8, 4) is 11.5 Å². The number of piperazine rings is 1. The van der Waals surface area contributed by atoms with Crippen LogP contribution < -0.4 is 19.7 Å². The second kappa shape index (κ2) is 19.8. The number of likely N-dealkylation sites (tertiary alicyclic amines) is 1. The zero-order valence-electron chi connectivity index (χ0n) is 42.5. The van der Waals surface area contributed by atoms with Crippen LogP contribution in [0.2, 0.25) is 0 Å². The van der Waals surface area contributed by atoms with Gasteiger partial charge in [0.25, 0.3) is 21.6 Å². The number of aromatic nitrogens is 4. The number of imidazole rings is 1. The van der Waals surface area contributed by atoms with Gasteiger partial charge in [0.15, 0.2) is 0 Å². The Labute approximate surface area is 430 Å². The molecule has 1 unspecified atom stereocenters. The lowest BCUT2D eigenvalue weighted by Gasteiger charge is -2.63. The molecule has 4 N–H and O–H groups in total. The lowest BCUT2D eigenvalue weighted by molar-refractivity contribution is -0.384. The topological polar surface area (TPSA) is 207 Å². The van der Waals surface area contributed by atoms with Gasteiger partial charge >= 0.3 is 0 Å². The molecule has 3 aromatic carbocycles. The Bertz CT molecular complexity index is 3170. The van der Waals surface area contributed by atoms with Crippen molar-refractivity contribution in [3.63, 3.8) is 0 Å². The number of H-pyrrole nitrogens is 2. The molecule has 0 radical (unpaired) electrons. The highest BCUT2D eigenvalue weighted by molar-refractivity contribution is 7.90. The second-order valence-electron chi connectivity index (χ2n) is 21.9. The van der Waals surface area contributed by atoms with Crippen LogP contribution in [-0.2, 0) is 14.8 Å². The summed E-state index contributed by atoms with van der Waals surface area (Å²) in [5.41, 5.74) is 1.85. The number of nitrogens with one attached hydrogen (secondary N) is 4. The van der Waals surface area contributed by atoms with Crippen LogP contribution in [0.25, 0.3) is 22.1 Å². The van der Waals surface area contributed by atoms with Gasteiger partial charge in [-0.1, -0.05) is 38.1 Å². The Morgan fingerprint density at radius 2 is 1.74 bits per heavy atom. The maximum Gasteiger partial charge on any atom is 0.296 e. The number of rotatable bonds is 15. The smallest absolute Gasteiger partial charge is 0.296 e. The Hall–Kier alpha value is -6.19. The van der Waals surface area contributed by atoms with E-state index < -0.39 is 37.1 Å². The fourth-order valence-corrected chi connectivity index (χ4v) is 13.5. The van der Waals surface area contributed by atoms with Gasteiger partial charge in [-0.2, -0.15) is 0 Å². The Balaban J connectivity index is 0.820. The number of nitrogens with zero attached hydrogens (tertiary/aromatic N) is 7. The first-order valence-corrected chi connectivity index (χ1v) is 27.6. The number of carbonyl (C=O) groups excluding carboxylic acids is 1. The summed E-state index contributed by atoms with van der Waals surface area (Å²) in [7, 11) is -4.82. The van der Waals surface area contributed by atoms with Crippen molar-refractivity contribution in [3.05, 3.63) is 106 Å². The molecule has 1 aliphatic carbocycles. The van der Waals surface area contributed by atoms with Crippen molar-refractivity contribution in [2.75, 3.05) is 75.8 Å². The molecule has 7 heterocycles. The number of hydrogen-bond acceptors (Lipinski definition) is 14. The molecule has 1 spiro atoms. The van der Waals surface area contributed by atoms with Crippen LogP contribution in [0.1, 0.15) is 99.7 Å². The van der Waals surface area contributed by atoms with Gasteiger partial charge in [0.05, 0.1) is 28.5 Å². The number of fused-ring (bicyclic) bond motifs is 2. The van der Waals surface area contributed by atoms with Gasteiger partial charge in [-0.05, 0) is 93.7 Å². The maximum atomic E-state index is 16.1. The highest BCUT2D eigenvalue weighted by atomic mass is 32.2. The molecule has 5 aliphatic rings. The van der Waals surface area contributed by atoms with Crippen molar-refractivity contribution in [1.29, 1.82) is 0 Å². The van der Waals surface area contributed by atoms with Crippen molar-refractivity contribution in [1.82, 2.24) is 39.4 Å². The van der Waals surface area contributed by atoms with Gasteiger partial charge in [0.2, 0.25) is 0 Å². The Morgan fingerprint density at radius 3 is 2.49 bits per heavy atom. The van der Waals surface area contributed by atoms with Crippen molar-refractivity contribution in [2.24, 2.45) is 5.41 Å². The summed E-state index contributed by atoms with van der Waals surface area (Å²) in [5.74, 6) is -0.170. The predicted molar refractivity (Wildman–Crippen MR) is 281 cm³/mol. The number of alkyl halides is 1. The monoisotopic (exact) mass is 1030 g/mol. The van der Waals surface area contributed by atoms with Gasteiger partial charge in [-0.3, -0.25) is 24.7 Å². The number of anilines is 2. The van der Waals surface area contributed by atoms with Crippen molar-refractivity contribution >= 4 is 55.1 Å². The molecule has 11 rings (SSSR count). The van der Waals surface area contributed by atoms with E-state index in [1.165, 1.54) is 23.7 Å². The minimum Gasteiger partial charge on any atom is -0.455 e. The van der Waals surface area contributed by atoms with Gasteiger partial charge in [-0.25, -0.2) is 27.5 Å². The fourth-order valence-electron chi connectivity index (χ4n) is 12.4. The van der Waals surface area contributed by atoms with E-state index in [-0.39, 0.29) is 58.9 Å². The standard InChI is InChI=1S/C54H66FN11O7S/c1-34(2)41-7-5-6-8-42(41)45-29-63(37-12-21-72-22-13-37)19-20-65(45)39-26-53(27-39)31-64(32-53)38-9-10-43(46(24-38)73-40-23-36-11-16-56-51(36)57-28-40)52(67)61-74(70,71)47-25-44(66(68)69)48(50-49(47)59-33-60-50)58-30-54(55)14-17-62(18-15-54)35(3)4/h5-11,16,23-25,28,33-35,37,39,45,58H,12-15,17-22,26-27,29-32H2,1-4H3,(H,56,57)(H,59,60)(H,61,67). The number of benzene rings is 3. The van der Waals surface area contributed by atoms with E-state index in [1.54, 1.807) is 30.5 Å². The van der Waals surface area contributed by atoms with E-state index in [9.17, 15) is 23.3 Å². The van der Waals surface area contributed by atoms with Crippen LogP contribution in [0.5, 0.6) is 11.5 Å². The normalized spacial score (nSPS) is 21.1. The van der Waals surface area contributed by atoms with E-state index >= 15 is 4.39 Å². The van der Waals surface area contributed by atoms with Crippen LogP contribution in [0.3, 0.4) is 0 Å². The van der Waals surface area contributed by atoms with Crippen LogP contribution in [0.4, 0.5) is 21.5 Å². The highest BCUT2D eigenvalue weighted by Crippen LogP contribution is 2.54. The summed E-state index contributed by atoms with van der Waals surface area (Å²) >= 11 is 0. The Kier molecular flexibility index (Phi) is 13.4. The molecule has 1 saturated carbocycles. The second-order valence-corrected chi connectivity index (χ2v) is 23.5. The first-order valence-electron chi connectivity index (χ1n) is 26.1. The number of pyridine rings is 1. The molecular weight excluding hydrogens is 966 g/mol. The summed E-state index contributed by atoms with van der Waals surface area (Å²) in [6.07, 6.45) is 9.26. The average molecular weight is 1030 g/mol. The molecular formula is C54H66FN11O7S. The van der Waals surface area contributed by atoms with Crippen molar-refractivity contribution < 1.29 is 32.0 Å². The molecule has 18 nitrogen and oxygen atoms in total. The molecule has 4 saturated heterocycles. The number of nitro groups is 1. The number of ether oxygens (including phenoxy) is 2. The number of nitro benzene ring substituents is 1. The quantitative estimate of drug-likeness (QED) is 0.0562. The minimum atomic E-state index is -4.82. The molecule has 4 aliphatic heterocycles. The third-order valence-electron chi connectivity index (χ3n) is 16.5. The van der Waals surface area contributed by atoms with Gasteiger partial charge in [-0.15, -0.1) is 0 Å². The molecule has 0 bridgehead atoms. The van der Waals surface area contributed by atoms with E-state index in [0.29, 0.717) is 48.5 Å². The minimum absolute atomic E-state index is 0.00852. The number of halogens is 1. The van der Waals surface area contributed by atoms with Crippen LogP contribution in [0.15, 0.2) is 84.3 Å². The summed E-state index contributed by atoms with van der Waals surface area (Å²) in [6, 6.07) is 20.1. The van der Waals surface area contributed by atoms with Gasteiger partial charge < -0.3 is 34.6 Å². The number of amides is 1. The third kappa shape index (κ3) is 9.70. The molecule has 74 heavy (non-hydrogen) atoms. The fraction of sp³-hybridized carbons (Fsp3) is 0.500. The number of carbonyl (C=O) groups is 1. The number of hydrogen-bond donors (Lipinski definition) is 4. The first kappa shape index (κ1) is 50.0. The number of aromatic amines is 2. The van der Waals surface area contributed by atoms with E-state index in [0.717, 1.165) is 88.8 Å². The average Bonchev–Trinajstić information content (AvgIpc) is 4.06. The third-order valence-corrected chi connectivity index (χ3v) is 17.9. The molecule has 1 atom stereocenters. The van der Waals surface area contributed by atoms with E-state index in [4.69, 9.17) is 9.47 Å².